The van der Waals surface area contributed by atoms with Crippen molar-refractivity contribution >= 4 is 28.8 Å². The number of ether oxygens (including phenoxy) is 2. The summed E-state index contributed by atoms with van der Waals surface area (Å²) in [6.45, 7) is 0.104. The quantitative estimate of drug-likeness (QED) is 0.635. The molecule has 8 heteroatoms. The minimum absolute atomic E-state index is 0.104. The number of hydrogen-bond donors (Lipinski definition) is 2. The van der Waals surface area contributed by atoms with E-state index in [1.54, 1.807) is 35.6 Å². The molecule has 0 aliphatic rings. The molecule has 0 radical (unpaired) electrons. The molecule has 0 saturated heterocycles. The molecule has 2 N–H and O–H groups in total. The number of methoxy groups -OCH3 is 2. The van der Waals surface area contributed by atoms with Crippen molar-refractivity contribution < 1.29 is 23.5 Å². The number of thiophene rings is 1. The maximum atomic E-state index is 12.1. The molecule has 27 heavy (non-hydrogen) atoms. The average Bonchev–Trinajstić information content (AvgIpc) is 3.37. The number of furan rings is 1. The maximum absolute atomic E-state index is 12.1. The van der Waals surface area contributed by atoms with E-state index >= 15 is 0 Å². The van der Waals surface area contributed by atoms with Crippen LogP contribution in [0.3, 0.4) is 0 Å². The lowest BCUT2D eigenvalue weighted by atomic mass is 10.2. The van der Waals surface area contributed by atoms with Gasteiger partial charge in [0.1, 0.15) is 23.0 Å². The molecular weight excluding hydrogens is 368 g/mol. The summed E-state index contributed by atoms with van der Waals surface area (Å²) in [7, 11) is 2.98. The molecule has 2 heterocycles. The Bertz CT molecular complexity index is 933. The van der Waals surface area contributed by atoms with Gasteiger partial charge in [-0.15, -0.1) is 11.3 Å². The van der Waals surface area contributed by atoms with Crippen LogP contribution in [0.15, 0.2) is 52.3 Å². The summed E-state index contributed by atoms with van der Waals surface area (Å²) in [4.78, 5) is 25.2. The van der Waals surface area contributed by atoms with Gasteiger partial charge in [-0.05, 0) is 35.7 Å². The Morgan fingerprint density at radius 1 is 1.07 bits per heavy atom. The van der Waals surface area contributed by atoms with Crippen molar-refractivity contribution in [1.82, 2.24) is 5.32 Å². The minimum Gasteiger partial charge on any atom is -0.497 e. The summed E-state index contributed by atoms with van der Waals surface area (Å²) in [5.74, 6) is 0.630. The number of nitrogens with one attached hydrogen (secondary N) is 2. The van der Waals surface area contributed by atoms with Gasteiger partial charge >= 0.3 is 11.8 Å². The monoisotopic (exact) mass is 386 g/mol. The molecule has 0 bridgehead atoms. The number of hydrogen-bond acceptors (Lipinski definition) is 6. The Labute approximate surface area is 159 Å². The summed E-state index contributed by atoms with van der Waals surface area (Å²) in [6.07, 6.45) is 0. The highest BCUT2D eigenvalue weighted by Gasteiger charge is 2.17. The normalized spacial score (nSPS) is 10.3. The fraction of sp³-hybridized carbons (Fsp3) is 0.158. The number of rotatable bonds is 6. The zero-order valence-electron chi connectivity index (χ0n) is 14.8. The van der Waals surface area contributed by atoms with E-state index in [1.165, 1.54) is 14.2 Å². The van der Waals surface area contributed by atoms with Gasteiger partial charge in [0.25, 0.3) is 0 Å². The number of carbonyl (C=O) groups is 2. The second kappa shape index (κ2) is 8.41. The summed E-state index contributed by atoms with van der Waals surface area (Å²) < 4.78 is 16.0. The van der Waals surface area contributed by atoms with Gasteiger partial charge in [-0.1, -0.05) is 6.07 Å². The fourth-order valence-corrected chi connectivity index (χ4v) is 3.05. The van der Waals surface area contributed by atoms with Crippen molar-refractivity contribution in [2.75, 3.05) is 19.5 Å². The van der Waals surface area contributed by atoms with Gasteiger partial charge in [0.2, 0.25) is 0 Å². The summed E-state index contributed by atoms with van der Waals surface area (Å²) >= 11 is 1.56. The van der Waals surface area contributed by atoms with Gasteiger partial charge in [0.15, 0.2) is 0 Å². The molecule has 0 spiro atoms. The van der Waals surface area contributed by atoms with Crippen molar-refractivity contribution in [3.63, 3.8) is 0 Å². The minimum atomic E-state index is -0.813. The highest BCUT2D eigenvalue weighted by atomic mass is 32.1. The van der Waals surface area contributed by atoms with Crippen molar-refractivity contribution in [1.29, 1.82) is 0 Å². The fourth-order valence-electron chi connectivity index (χ4n) is 2.36. The Kier molecular flexibility index (Phi) is 5.77. The molecule has 3 rings (SSSR count). The Hall–Kier alpha value is -3.26. The van der Waals surface area contributed by atoms with Crippen LogP contribution < -0.4 is 20.1 Å². The number of anilines is 1. The lowest BCUT2D eigenvalue weighted by Gasteiger charge is -2.11. The van der Waals surface area contributed by atoms with E-state index in [-0.39, 0.29) is 6.54 Å². The van der Waals surface area contributed by atoms with Crippen molar-refractivity contribution in [2.45, 2.75) is 6.54 Å². The van der Waals surface area contributed by atoms with Crippen LogP contribution in [-0.2, 0) is 16.1 Å². The molecule has 3 aromatic rings. The van der Waals surface area contributed by atoms with Gasteiger partial charge < -0.3 is 24.5 Å². The highest BCUT2D eigenvalue weighted by Crippen LogP contribution is 2.29. The molecule has 0 saturated carbocycles. The largest absolute Gasteiger partial charge is 0.497 e. The molecule has 0 atom stereocenters. The molecule has 0 aliphatic heterocycles. The van der Waals surface area contributed by atoms with E-state index in [2.05, 4.69) is 10.6 Å². The molecule has 1 aromatic carbocycles. The zero-order chi connectivity index (χ0) is 19.2. The van der Waals surface area contributed by atoms with Crippen LogP contribution in [0, 0.1) is 0 Å². The molecule has 140 valence electrons. The molecule has 0 unspecified atom stereocenters. The van der Waals surface area contributed by atoms with Crippen molar-refractivity contribution in [2.24, 2.45) is 0 Å². The molecular formula is C19H18N2O5S. The molecule has 7 nitrogen and oxygen atoms in total. The first-order valence-corrected chi connectivity index (χ1v) is 8.92. The second-order valence-electron chi connectivity index (χ2n) is 5.45. The predicted molar refractivity (Wildman–Crippen MR) is 102 cm³/mol. The van der Waals surface area contributed by atoms with Crippen LogP contribution >= 0.6 is 11.3 Å². The summed E-state index contributed by atoms with van der Waals surface area (Å²) in [5.41, 5.74) is 0.343. The third kappa shape index (κ3) is 4.48. The van der Waals surface area contributed by atoms with Crippen LogP contribution in [0.1, 0.15) is 5.76 Å². The smallest absolute Gasteiger partial charge is 0.313 e. The van der Waals surface area contributed by atoms with Gasteiger partial charge in [-0.2, -0.15) is 0 Å². The van der Waals surface area contributed by atoms with Crippen LogP contribution in [-0.4, -0.2) is 26.0 Å². The first kappa shape index (κ1) is 18.5. The third-order valence-electron chi connectivity index (χ3n) is 3.71. The first-order valence-electron chi connectivity index (χ1n) is 8.04. The van der Waals surface area contributed by atoms with E-state index in [0.717, 1.165) is 10.6 Å². The number of benzene rings is 1. The first-order chi connectivity index (χ1) is 13.1. The van der Waals surface area contributed by atoms with Crippen LogP contribution in [0.4, 0.5) is 5.69 Å². The van der Waals surface area contributed by atoms with Crippen molar-refractivity contribution in [3.05, 3.63) is 53.6 Å². The summed E-state index contributed by atoms with van der Waals surface area (Å²) in [6, 6.07) is 12.4. The van der Waals surface area contributed by atoms with E-state index in [0.29, 0.717) is 22.9 Å². The van der Waals surface area contributed by atoms with E-state index in [9.17, 15) is 9.59 Å². The Balaban J connectivity index is 1.59. The third-order valence-corrected chi connectivity index (χ3v) is 4.59. The molecule has 0 fully saturated rings. The highest BCUT2D eigenvalue weighted by molar-refractivity contribution is 7.13. The Morgan fingerprint density at radius 3 is 2.63 bits per heavy atom. The van der Waals surface area contributed by atoms with Gasteiger partial charge in [-0.3, -0.25) is 9.59 Å². The Morgan fingerprint density at radius 2 is 1.93 bits per heavy atom. The second-order valence-corrected chi connectivity index (χ2v) is 6.39. The van der Waals surface area contributed by atoms with E-state index in [1.807, 2.05) is 23.6 Å². The number of carbonyl (C=O) groups excluding carboxylic acids is 2. The van der Waals surface area contributed by atoms with Crippen molar-refractivity contribution in [3.8, 4) is 22.1 Å². The lowest BCUT2D eigenvalue weighted by molar-refractivity contribution is -0.136. The zero-order valence-corrected chi connectivity index (χ0v) is 15.6. The van der Waals surface area contributed by atoms with Gasteiger partial charge in [0, 0.05) is 6.07 Å². The van der Waals surface area contributed by atoms with Gasteiger partial charge in [0.05, 0.1) is 31.3 Å². The standard InChI is InChI=1S/C19H18N2O5S/c1-24-12-5-7-15(25-2)14(10-12)21-19(23)18(22)20-11-13-6-8-16(26-13)17-4-3-9-27-17/h3-10H,11H2,1-2H3,(H,20,22)(H,21,23). The van der Waals surface area contributed by atoms with Crippen LogP contribution in [0.5, 0.6) is 11.5 Å². The van der Waals surface area contributed by atoms with Crippen LogP contribution in [0.25, 0.3) is 10.6 Å². The summed E-state index contributed by atoms with van der Waals surface area (Å²) in [5, 5.41) is 7.00. The van der Waals surface area contributed by atoms with E-state index < -0.39 is 11.8 Å². The predicted octanol–water partition coefficient (Wildman–Crippen LogP) is 3.28. The maximum Gasteiger partial charge on any atom is 0.313 e. The molecule has 2 aromatic heterocycles. The average molecular weight is 386 g/mol. The molecule has 0 aliphatic carbocycles. The number of amides is 2. The lowest BCUT2D eigenvalue weighted by Crippen LogP contribution is -2.34. The van der Waals surface area contributed by atoms with Crippen LogP contribution in [0.2, 0.25) is 0 Å². The van der Waals surface area contributed by atoms with E-state index in [4.69, 9.17) is 13.9 Å². The topological polar surface area (TPSA) is 89.8 Å². The van der Waals surface area contributed by atoms with Gasteiger partial charge in [-0.25, -0.2) is 0 Å². The molecule has 2 amide bonds. The SMILES string of the molecule is COc1ccc(OC)c(NC(=O)C(=O)NCc2ccc(-c3cccs3)o2)c1.